The van der Waals surface area contributed by atoms with Crippen LogP contribution < -0.4 is 4.74 Å². The molecule has 0 unspecified atom stereocenters. The molecule has 4 heteroatoms. The third kappa shape index (κ3) is 2.66. The molecular formula is C14H13NO3. The summed E-state index contributed by atoms with van der Waals surface area (Å²) in [5, 5.41) is 9.01. The van der Waals surface area contributed by atoms with Crippen molar-refractivity contribution in [2.75, 3.05) is 0 Å². The van der Waals surface area contributed by atoms with Crippen molar-refractivity contribution in [3.05, 3.63) is 59.4 Å². The summed E-state index contributed by atoms with van der Waals surface area (Å²) in [5.41, 5.74) is 1.89. The molecule has 1 N–H and O–H groups in total. The van der Waals surface area contributed by atoms with Crippen LogP contribution in [0.25, 0.3) is 0 Å². The Hall–Kier alpha value is -2.36. The Morgan fingerprint density at radius 3 is 2.67 bits per heavy atom. The molecule has 0 saturated heterocycles. The van der Waals surface area contributed by atoms with Crippen molar-refractivity contribution in [1.82, 2.24) is 4.98 Å². The van der Waals surface area contributed by atoms with E-state index in [9.17, 15) is 4.79 Å². The van der Waals surface area contributed by atoms with Gasteiger partial charge in [0.25, 0.3) is 0 Å². The molecule has 0 saturated carbocycles. The average Bonchev–Trinajstić information content (AvgIpc) is 2.38. The van der Waals surface area contributed by atoms with Gasteiger partial charge in [0.15, 0.2) is 0 Å². The van der Waals surface area contributed by atoms with Gasteiger partial charge in [0.05, 0.1) is 5.56 Å². The molecule has 1 aromatic carbocycles. The lowest BCUT2D eigenvalue weighted by Crippen LogP contribution is -2.03. The van der Waals surface area contributed by atoms with Crippen LogP contribution >= 0.6 is 0 Å². The molecule has 0 amide bonds. The second-order valence-electron chi connectivity index (χ2n) is 3.88. The lowest BCUT2D eigenvalue weighted by molar-refractivity contribution is 0.0695. The van der Waals surface area contributed by atoms with E-state index in [0.717, 1.165) is 5.56 Å². The number of benzene rings is 1. The highest BCUT2D eigenvalue weighted by atomic mass is 16.5. The highest BCUT2D eigenvalue weighted by Crippen LogP contribution is 2.22. The van der Waals surface area contributed by atoms with Crippen LogP contribution in [-0.2, 0) is 6.61 Å². The summed E-state index contributed by atoms with van der Waals surface area (Å²) in [4.78, 5) is 14.9. The first-order chi connectivity index (χ1) is 8.68. The van der Waals surface area contributed by atoms with E-state index >= 15 is 0 Å². The van der Waals surface area contributed by atoms with E-state index in [0.29, 0.717) is 17.9 Å². The van der Waals surface area contributed by atoms with Crippen LogP contribution in [0.2, 0.25) is 0 Å². The number of carbonyl (C=O) groups is 1. The summed E-state index contributed by atoms with van der Waals surface area (Å²) in [6.45, 7) is 2.14. The maximum absolute atomic E-state index is 11.0. The molecule has 0 bridgehead atoms. The monoisotopic (exact) mass is 243 g/mol. The second kappa shape index (κ2) is 5.31. The van der Waals surface area contributed by atoms with Gasteiger partial charge >= 0.3 is 5.97 Å². The van der Waals surface area contributed by atoms with Crippen molar-refractivity contribution in [3.63, 3.8) is 0 Å². The number of carboxylic acids is 1. The van der Waals surface area contributed by atoms with Gasteiger partial charge in [-0.3, -0.25) is 4.98 Å². The van der Waals surface area contributed by atoms with E-state index < -0.39 is 5.97 Å². The highest BCUT2D eigenvalue weighted by molar-refractivity contribution is 5.90. The molecule has 92 valence electrons. The van der Waals surface area contributed by atoms with Gasteiger partial charge in [-0.25, -0.2) is 4.79 Å². The number of pyridine rings is 1. The van der Waals surface area contributed by atoms with Gasteiger partial charge < -0.3 is 9.84 Å². The van der Waals surface area contributed by atoms with Crippen molar-refractivity contribution in [2.24, 2.45) is 0 Å². The van der Waals surface area contributed by atoms with Crippen LogP contribution in [0.15, 0.2) is 42.7 Å². The number of carboxylic acid groups (broad SMARTS) is 1. The first-order valence-electron chi connectivity index (χ1n) is 5.53. The minimum Gasteiger partial charge on any atom is -0.489 e. The molecule has 0 spiro atoms. The number of aromatic nitrogens is 1. The van der Waals surface area contributed by atoms with Gasteiger partial charge in [0, 0.05) is 18.0 Å². The predicted octanol–water partition coefficient (Wildman–Crippen LogP) is 2.67. The van der Waals surface area contributed by atoms with E-state index in [1.54, 1.807) is 37.5 Å². The largest absolute Gasteiger partial charge is 0.489 e. The van der Waals surface area contributed by atoms with Crippen LogP contribution in [0.1, 0.15) is 21.5 Å². The fourth-order valence-corrected chi connectivity index (χ4v) is 1.64. The molecule has 0 aliphatic rings. The minimum atomic E-state index is -0.943. The maximum atomic E-state index is 11.0. The Kier molecular flexibility index (Phi) is 3.57. The number of hydrogen-bond donors (Lipinski definition) is 1. The Balaban J connectivity index is 2.15. The van der Waals surface area contributed by atoms with E-state index in [1.807, 2.05) is 12.1 Å². The molecular weight excluding hydrogens is 230 g/mol. The lowest BCUT2D eigenvalue weighted by Gasteiger charge is -2.10. The van der Waals surface area contributed by atoms with Crippen LogP contribution in [0, 0.1) is 6.92 Å². The van der Waals surface area contributed by atoms with Crippen molar-refractivity contribution >= 4 is 5.97 Å². The third-order valence-electron chi connectivity index (χ3n) is 2.66. The zero-order chi connectivity index (χ0) is 13.0. The number of nitrogens with zero attached hydrogens (tertiary/aromatic N) is 1. The number of ether oxygens (including phenoxy) is 1. The molecule has 0 atom stereocenters. The van der Waals surface area contributed by atoms with Crippen LogP contribution in [-0.4, -0.2) is 16.1 Å². The Morgan fingerprint density at radius 1 is 1.28 bits per heavy atom. The van der Waals surface area contributed by atoms with E-state index in [1.165, 1.54) is 0 Å². The molecule has 0 aliphatic heterocycles. The molecule has 18 heavy (non-hydrogen) atoms. The lowest BCUT2D eigenvalue weighted by atomic mass is 10.1. The van der Waals surface area contributed by atoms with Crippen LogP contribution in [0.5, 0.6) is 5.75 Å². The third-order valence-corrected chi connectivity index (χ3v) is 2.66. The molecule has 4 nitrogen and oxygen atoms in total. The molecule has 1 aromatic heterocycles. The highest BCUT2D eigenvalue weighted by Gasteiger charge is 2.10. The van der Waals surface area contributed by atoms with Crippen LogP contribution in [0.3, 0.4) is 0 Å². The predicted molar refractivity (Wildman–Crippen MR) is 66.7 cm³/mol. The molecule has 1 heterocycles. The van der Waals surface area contributed by atoms with Gasteiger partial charge in [-0.2, -0.15) is 0 Å². The first-order valence-corrected chi connectivity index (χ1v) is 5.53. The smallest absolute Gasteiger partial charge is 0.336 e. The quantitative estimate of drug-likeness (QED) is 0.896. The van der Waals surface area contributed by atoms with Gasteiger partial charge in [-0.05, 0) is 36.8 Å². The standard InChI is InChI=1S/C14H13NO3/c1-10-12(14(16)17)3-2-4-13(10)18-9-11-5-7-15-8-6-11/h2-8H,9H2,1H3,(H,16,17). The van der Waals surface area contributed by atoms with Crippen molar-refractivity contribution in [3.8, 4) is 5.75 Å². The number of rotatable bonds is 4. The van der Waals surface area contributed by atoms with Gasteiger partial charge in [0.2, 0.25) is 0 Å². The fraction of sp³-hybridized carbons (Fsp3) is 0.143. The number of hydrogen-bond acceptors (Lipinski definition) is 3. The summed E-state index contributed by atoms with van der Waals surface area (Å²) >= 11 is 0. The van der Waals surface area contributed by atoms with Gasteiger partial charge in [-0.15, -0.1) is 0 Å². The van der Waals surface area contributed by atoms with Gasteiger partial charge in [0.1, 0.15) is 12.4 Å². The summed E-state index contributed by atoms with van der Waals surface area (Å²) in [6.07, 6.45) is 3.39. The van der Waals surface area contributed by atoms with Crippen molar-refractivity contribution in [2.45, 2.75) is 13.5 Å². The Labute approximate surface area is 105 Å². The molecule has 0 fully saturated rings. The van der Waals surface area contributed by atoms with E-state index in [-0.39, 0.29) is 5.56 Å². The molecule has 0 aliphatic carbocycles. The van der Waals surface area contributed by atoms with E-state index in [2.05, 4.69) is 4.98 Å². The fourth-order valence-electron chi connectivity index (χ4n) is 1.64. The normalized spacial score (nSPS) is 10.1. The topological polar surface area (TPSA) is 59.4 Å². The van der Waals surface area contributed by atoms with Crippen molar-refractivity contribution in [1.29, 1.82) is 0 Å². The SMILES string of the molecule is Cc1c(OCc2ccncc2)cccc1C(=O)O. The first kappa shape index (κ1) is 12.1. The Morgan fingerprint density at radius 2 is 2.00 bits per heavy atom. The summed E-state index contributed by atoms with van der Waals surface area (Å²) in [5.74, 6) is -0.353. The number of aromatic carboxylic acids is 1. The zero-order valence-corrected chi connectivity index (χ0v) is 9.96. The maximum Gasteiger partial charge on any atom is 0.336 e. The summed E-state index contributed by atoms with van der Waals surface area (Å²) in [7, 11) is 0. The minimum absolute atomic E-state index is 0.266. The molecule has 0 radical (unpaired) electrons. The molecule has 2 rings (SSSR count). The molecule has 2 aromatic rings. The Bertz CT molecular complexity index is 552. The van der Waals surface area contributed by atoms with Gasteiger partial charge in [-0.1, -0.05) is 6.07 Å². The second-order valence-corrected chi connectivity index (χ2v) is 3.88. The van der Waals surface area contributed by atoms with E-state index in [4.69, 9.17) is 9.84 Å². The van der Waals surface area contributed by atoms with Crippen LogP contribution in [0.4, 0.5) is 0 Å². The summed E-state index contributed by atoms with van der Waals surface area (Å²) in [6, 6.07) is 8.73. The summed E-state index contributed by atoms with van der Waals surface area (Å²) < 4.78 is 5.62. The van der Waals surface area contributed by atoms with Crippen molar-refractivity contribution < 1.29 is 14.6 Å². The zero-order valence-electron chi connectivity index (χ0n) is 9.96. The average molecular weight is 243 g/mol.